The van der Waals surface area contributed by atoms with Gasteiger partial charge >= 0.3 is 0 Å². The van der Waals surface area contributed by atoms with Crippen LogP contribution in [0.2, 0.25) is 0 Å². The number of nitrogens with one attached hydrogen (secondary N) is 1. The second-order valence-corrected chi connectivity index (χ2v) is 11.3. The van der Waals surface area contributed by atoms with Crippen LogP contribution in [0.15, 0.2) is 63.4 Å². The van der Waals surface area contributed by atoms with E-state index in [0.29, 0.717) is 21.7 Å². The van der Waals surface area contributed by atoms with E-state index >= 15 is 0 Å². The highest BCUT2D eigenvalue weighted by molar-refractivity contribution is 8.00. The van der Waals surface area contributed by atoms with Gasteiger partial charge in [0, 0.05) is 25.8 Å². The predicted molar refractivity (Wildman–Crippen MR) is 126 cm³/mol. The van der Waals surface area contributed by atoms with Gasteiger partial charge in [0.2, 0.25) is 15.9 Å². The molecule has 8 nitrogen and oxygen atoms in total. The van der Waals surface area contributed by atoms with Gasteiger partial charge in [-0.25, -0.2) is 17.7 Å². The maximum absolute atomic E-state index is 13.0. The number of aromatic nitrogens is 2. The number of carbonyl (C=O) groups excluding carboxylic acids is 1. The lowest BCUT2D eigenvalue weighted by molar-refractivity contribution is -0.115. The van der Waals surface area contributed by atoms with E-state index in [1.54, 1.807) is 35.8 Å². The molecule has 1 atom stereocenters. The molecule has 32 heavy (non-hydrogen) atoms. The Morgan fingerprint density at radius 2 is 1.91 bits per heavy atom. The lowest BCUT2D eigenvalue weighted by Crippen LogP contribution is -2.27. The normalized spacial score (nSPS) is 15.1. The van der Waals surface area contributed by atoms with Gasteiger partial charge in [-0.3, -0.25) is 14.2 Å². The molecule has 168 valence electrons. The Bertz CT molecular complexity index is 1350. The van der Waals surface area contributed by atoms with Gasteiger partial charge in [0.05, 0.1) is 21.0 Å². The average Bonchev–Trinajstić information content (AvgIpc) is 3.59. The molecule has 1 fully saturated rings. The molecule has 1 aromatic heterocycles. The van der Waals surface area contributed by atoms with Crippen molar-refractivity contribution in [2.75, 3.05) is 19.4 Å². The topological polar surface area (TPSA) is 101 Å². The minimum Gasteiger partial charge on any atom is -0.325 e. The summed E-state index contributed by atoms with van der Waals surface area (Å²) in [5.74, 6) is -0.306. The summed E-state index contributed by atoms with van der Waals surface area (Å²) in [4.78, 5) is 30.6. The third kappa shape index (κ3) is 4.43. The second-order valence-electron chi connectivity index (χ2n) is 7.88. The molecular weight excluding hydrogens is 448 g/mol. The van der Waals surface area contributed by atoms with E-state index in [9.17, 15) is 18.0 Å². The van der Waals surface area contributed by atoms with Crippen LogP contribution in [0.3, 0.4) is 0 Å². The molecule has 1 aliphatic rings. The fraction of sp³-hybridized carbons (Fsp3) is 0.318. The number of hydrogen-bond acceptors (Lipinski definition) is 6. The zero-order valence-electron chi connectivity index (χ0n) is 18.0. The zero-order valence-corrected chi connectivity index (χ0v) is 19.6. The van der Waals surface area contributed by atoms with Crippen LogP contribution < -0.4 is 10.9 Å². The van der Waals surface area contributed by atoms with E-state index in [1.807, 2.05) is 12.1 Å². The number of hydrogen-bond donors (Lipinski definition) is 1. The average molecular weight is 473 g/mol. The van der Waals surface area contributed by atoms with Crippen LogP contribution >= 0.6 is 11.8 Å². The molecule has 2 aromatic carbocycles. The summed E-state index contributed by atoms with van der Waals surface area (Å²) in [6.07, 6.45) is 1.84. The maximum atomic E-state index is 13.0. The van der Waals surface area contributed by atoms with Crippen molar-refractivity contribution < 1.29 is 13.2 Å². The summed E-state index contributed by atoms with van der Waals surface area (Å²) in [6, 6.07) is 13.5. The first-order chi connectivity index (χ1) is 15.2. The zero-order chi connectivity index (χ0) is 23.0. The van der Waals surface area contributed by atoms with Gasteiger partial charge in [0.25, 0.3) is 5.56 Å². The van der Waals surface area contributed by atoms with Gasteiger partial charge in [-0.15, -0.1) is 0 Å². The molecule has 1 N–H and O–H groups in total. The van der Waals surface area contributed by atoms with E-state index in [-0.39, 0.29) is 22.4 Å². The molecular formula is C22H24N4O4S2. The van der Waals surface area contributed by atoms with Crippen molar-refractivity contribution in [2.24, 2.45) is 0 Å². The quantitative estimate of drug-likeness (QED) is 0.419. The van der Waals surface area contributed by atoms with Gasteiger partial charge in [0.1, 0.15) is 0 Å². The van der Waals surface area contributed by atoms with Crippen molar-refractivity contribution in [2.45, 2.75) is 41.1 Å². The largest absolute Gasteiger partial charge is 0.325 e. The Morgan fingerprint density at radius 3 is 2.59 bits per heavy atom. The molecule has 0 aliphatic heterocycles. The molecule has 1 heterocycles. The van der Waals surface area contributed by atoms with Crippen molar-refractivity contribution in [3.63, 3.8) is 0 Å². The van der Waals surface area contributed by atoms with Crippen LogP contribution in [0.1, 0.15) is 25.8 Å². The number of para-hydroxylation sites is 1. The molecule has 3 aromatic rings. The first kappa shape index (κ1) is 22.5. The van der Waals surface area contributed by atoms with Crippen molar-refractivity contribution in [3.05, 3.63) is 58.9 Å². The number of amides is 1. The number of benzene rings is 2. The monoisotopic (exact) mass is 472 g/mol. The van der Waals surface area contributed by atoms with Crippen LogP contribution in [0, 0.1) is 0 Å². The lowest BCUT2D eigenvalue weighted by Gasteiger charge is -2.17. The fourth-order valence-corrected chi connectivity index (χ4v) is 5.19. The fourth-order valence-electron chi connectivity index (χ4n) is 3.26. The summed E-state index contributed by atoms with van der Waals surface area (Å²) >= 11 is 1.22. The summed E-state index contributed by atoms with van der Waals surface area (Å²) in [5, 5.41) is 3.30. The molecule has 1 amide bonds. The van der Waals surface area contributed by atoms with Crippen molar-refractivity contribution in [1.29, 1.82) is 0 Å². The minimum absolute atomic E-state index is 0.0881. The smallest absolute Gasteiger partial charge is 0.262 e. The van der Waals surface area contributed by atoms with Crippen LogP contribution in [0.5, 0.6) is 0 Å². The Kier molecular flexibility index (Phi) is 6.11. The van der Waals surface area contributed by atoms with Crippen LogP contribution in [-0.2, 0) is 14.8 Å². The highest BCUT2D eigenvalue weighted by Crippen LogP contribution is 2.37. The van der Waals surface area contributed by atoms with E-state index < -0.39 is 15.3 Å². The van der Waals surface area contributed by atoms with E-state index in [1.165, 1.54) is 38.0 Å². The number of carbonyl (C=O) groups is 1. The van der Waals surface area contributed by atoms with E-state index in [2.05, 4.69) is 10.3 Å². The lowest BCUT2D eigenvalue weighted by atomic mass is 10.2. The van der Waals surface area contributed by atoms with Gasteiger partial charge in [-0.2, -0.15) is 0 Å². The molecule has 0 radical (unpaired) electrons. The molecule has 1 unspecified atom stereocenters. The predicted octanol–water partition coefficient (Wildman–Crippen LogP) is 3.10. The van der Waals surface area contributed by atoms with Gasteiger partial charge in [0.15, 0.2) is 5.16 Å². The number of rotatable bonds is 7. The van der Waals surface area contributed by atoms with Crippen LogP contribution in [0.25, 0.3) is 10.9 Å². The van der Waals surface area contributed by atoms with Gasteiger partial charge in [-0.1, -0.05) is 30.0 Å². The first-order valence-electron chi connectivity index (χ1n) is 10.2. The number of sulfonamides is 1. The van der Waals surface area contributed by atoms with Gasteiger partial charge in [-0.05, 0) is 50.1 Å². The van der Waals surface area contributed by atoms with Crippen molar-refractivity contribution in [1.82, 2.24) is 13.9 Å². The minimum atomic E-state index is -3.61. The van der Waals surface area contributed by atoms with Crippen LogP contribution in [-0.4, -0.2) is 47.5 Å². The Balaban J connectivity index is 1.57. The molecule has 0 bridgehead atoms. The van der Waals surface area contributed by atoms with E-state index in [0.717, 1.165) is 17.1 Å². The Morgan fingerprint density at radius 1 is 1.19 bits per heavy atom. The third-order valence-corrected chi connectivity index (χ3v) is 8.10. The summed E-state index contributed by atoms with van der Waals surface area (Å²) in [6.45, 7) is 1.74. The molecule has 0 saturated heterocycles. The number of fused-ring (bicyclic) bond motifs is 1. The third-order valence-electron chi connectivity index (χ3n) is 5.22. The Hall–Kier alpha value is -2.69. The molecule has 1 aliphatic carbocycles. The highest BCUT2D eigenvalue weighted by Gasteiger charge is 2.30. The van der Waals surface area contributed by atoms with Gasteiger partial charge < -0.3 is 5.32 Å². The first-order valence-corrected chi connectivity index (χ1v) is 12.5. The molecule has 0 spiro atoms. The Labute approximate surface area is 190 Å². The van der Waals surface area contributed by atoms with Crippen molar-refractivity contribution >= 4 is 44.3 Å². The standard InChI is InChI=1S/C22H24N4O4S2/c1-14(20(27)23-15-7-6-8-17(13-15)32(29,30)25(2)3)31-22-24-19-10-5-4-9-18(19)21(28)26(22)16-11-12-16/h4-10,13-14,16H,11-12H2,1-3H3,(H,23,27). The van der Waals surface area contributed by atoms with E-state index in [4.69, 9.17) is 0 Å². The highest BCUT2D eigenvalue weighted by atomic mass is 32.2. The van der Waals surface area contributed by atoms with Crippen molar-refractivity contribution in [3.8, 4) is 0 Å². The number of anilines is 1. The molecule has 4 rings (SSSR count). The van der Waals surface area contributed by atoms with Crippen LogP contribution in [0.4, 0.5) is 5.69 Å². The summed E-state index contributed by atoms with van der Waals surface area (Å²) in [7, 11) is -0.702. The maximum Gasteiger partial charge on any atom is 0.262 e. The number of nitrogens with zero attached hydrogens (tertiary/aromatic N) is 3. The SMILES string of the molecule is CC(Sc1nc2ccccc2c(=O)n1C1CC1)C(=O)Nc1cccc(S(=O)(=O)N(C)C)c1. The number of thioether (sulfide) groups is 1. The molecule has 1 saturated carbocycles. The molecule has 10 heteroatoms. The summed E-state index contributed by atoms with van der Waals surface area (Å²) in [5.41, 5.74) is 0.900. The second kappa shape index (κ2) is 8.68. The summed E-state index contributed by atoms with van der Waals surface area (Å²) < 4.78 is 27.5.